The van der Waals surface area contributed by atoms with E-state index in [4.69, 9.17) is 19.4 Å². The van der Waals surface area contributed by atoms with Gasteiger partial charge in [-0.1, -0.05) is 12.1 Å². The van der Waals surface area contributed by atoms with Crippen LogP contribution in [-0.4, -0.2) is 52.3 Å². The molecule has 0 spiro atoms. The van der Waals surface area contributed by atoms with Crippen LogP contribution in [0.2, 0.25) is 0 Å². The molecule has 1 aromatic carbocycles. The number of hydrogen-bond acceptors (Lipinski definition) is 6. The van der Waals surface area contributed by atoms with Gasteiger partial charge in [-0.05, 0) is 77.3 Å². The van der Waals surface area contributed by atoms with Crippen molar-refractivity contribution in [3.8, 4) is 5.88 Å². The number of ether oxygens (including phenoxy) is 2. The van der Waals surface area contributed by atoms with E-state index in [9.17, 15) is 4.79 Å². The summed E-state index contributed by atoms with van der Waals surface area (Å²) in [6.07, 6.45) is 6.25. The summed E-state index contributed by atoms with van der Waals surface area (Å²) in [6.45, 7) is 7.86. The minimum Gasteiger partial charge on any atom is -0.475 e. The quantitative estimate of drug-likeness (QED) is 0.627. The average molecular weight is 427 g/mol. The van der Waals surface area contributed by atoms with Crippen molar-refractivity contribution in [2.75, 3.05) is 25.0 Å². The lowest BCUT2D eigenvalue weighted by molar-refractivity contribution is 0.0159. The Morgan fingerprint density at radius 2 is 1.90 bits per heavy atom. The zero-order chi connectivity index (χ0) is 21.8. The van der Waals surface area contributed by atoms with Crippen LogP contribution in [0.3, 0.4) is 0 Å². The summed E-state index contributed by atoms with van der Waals surface area (Å²) >= 11 is 0. The first-order chi connectivity index (χ1) is 14.9. The van der Waals surface area contributed by atoms with Crippen LogP contribution in [0.25, 0.3) is 11.0 Å². The minimum atomic E-state index is -0.453. The first-order valence-electron chi connectivity index (χ1n) is 11.5. The fourth-order valence-electron chi connectivity index (χ4n) is 3.93. The number of likely N-dealkylation sites (tertiary alicyclic amines) is 1. The van der Waals surface area contributed by atoms with Gasteiger partial charge in [0.05, 0.1) is 17.6 Å². The van der Waals surface area contributed by atoms with Crippen LogP contribution in [0.5, 0.6) is 5.88 Å². The van der Waals surface area contributed by atoms with E-state index in [1.807, 2.05) is 49.9 Å². The Labute approximate surface area is 184 Å². The molecule has 4 rings (SSSR count). The van der Waals surface area contributed by atoms with Gasteiger partial charge in [0, 0.05) is 19.1 Å². The molecule has 1 saturated heterocycles. The number of amides is 1. The summed E-state index contributed by atoms with van der Waals surface area (Å²) in [6, 6.07) is 8.36. The lowest BCUT2D eigenvalue weighted by Crippen LogP contribution is -2.42. The van der Waals surface area contributed by atoms with E-state index in [-0.39, 0.29) is 6.09 Å². The van der Waals surface area contributed by atoms with Gasteiger partial charge in [0.1, 0.15) is 5.60 Å². The van der Waals surface area contributed by atoms with E-state index >= 15 is 0 Å². The molecule has 0 radical (unpaired) electrons. The molecule has 7 nitrogen and oxygen atoms in total. The van der Waals surface area contributed by atoms with Gasteiger partial charge >= 0.3 is 6.09 Å². The fraction of sp³-hybridized carbons (Fsp3) is 0.625. The predicted octanol–water partition coefficient (Wildman–Crippen LogP) is 5.01. The molecule has 2 heterocycles. The molecule has 1 unspecified atom stereocenters. The number of piperidine rings is 1. The Balaban J connectivity index is 1.29. The molecule has 1 aliphatic heterocycles. The van der Waals surface area contributed by atoms with E-state index < -0.39 is 5.60 Å². The normalized spacial score (nSPS) is 19.3. The van der Waals surface area contributed by atoms with Crippen molar-refractivity contribution in [2.45, 2.75) is 70.9 Å². The molecule has 1 aromatic heterocycles. The summed E-state index contributed by atoms with van der Waals surface area (Å²) in [5.41, 5.74) is 1.27. The Hall–Kier alpha value is -2.57. The van der Waals surface area contributed by atoms with Crippen LogP contribution < -0.4 is 10.1 Å². The second-order valence-electron chi connectivity index (χ2n) is 9.71. The number of hydrogen-bond donors (Lipinski definition) is 1. The number of benzene rings is 1. The van der Waals surface area contributed by atoms with Crippen molar-refractivity contribution in [3.05, 3.63) is 24.3 Å². The number of nitrogens with zero attached hydrogens (tertiary/aromatic N) is 3. The van der Waals surface area contributed by atoms with Gasteiger partial charge in [0.2, 0.25) is 0 Å². The van der Waals surface area contributed by atoms with Crippen LogP contribution in [0.15, 0.2) is 24.3 Å². The van der Waals surface area contributed by atoms with Gasteiger partial charge < -0.3 is 19.7 Å². The first kappa shape index (κ1) is 21.7. The van der Waals surface area contributed by atoms with Crippen molar-refractivity contribution in [3.63, 3.8) is 0 Å². The van der Waals surface area contributed by atoms with Gasteiger partial charge in [-0.2, -0.15) is 0 Å². The van der Waals surface area contributed by atoms with Crippen molar-refractivity contribution in [1.29, 1.82) is 0 Å². The molecule has 7 heteroatoms. The highest BCUT2D eigenvalue weighted by molar-refractivity contribution is 5.77. The fourth-order valence-corrected chi connectivity index (χ4v) is 3.93. The maximum absolute atomic E-state index is 12.4. The molecule has 1 amide bonds. The minimum absolute atomic E-state index is 0.198. The first-order valence-corrected chi connectivity index (χ1v) is 11.5. The van der Waals surface area contributed by atoms with Crippen LogP contribution in [0.4, 0.5) is 10.6 Å². The Morgan fingerprint density at radius 1 is 1.16 bits per heavy atom. The highest BCUT2D eigenvalue weighted by atomic mass is 16.6. The standard InChI is InChI=1S/C24H34N4O3/c1-24(2,3)31-23(29)28-14-6-8-17(16-28)9-7-15-30-22-21(25-18-12-13-18)26-19-10-4-5-11-20(19)27-22/h4-5,10-11,17-18H,6-9,12-16H2,1-3H3,(H,25,26). The summed E-state index contributed by atoms with van der Waals surface area (Å²) in [4.78, 5) is 23.6. The summed E-state index contributed by atoms with van der Waals surface area (Å²) < 4.78 is 11.6. The Bertz CT molecular complexity index is 907. The third kappa shape index (κ3) is 6.21. The summed E-state index contributed by atoms with van der Waals surface area (Å²) in [5, 5.41) is 3.45. The monoisotopic (exact) mass is 426 g/mol. The van der Waals surface area contributed by atoms with Gasteiger partial charge in [0.15, 0.2) is 5.82 Å². The smallest absolute Gasteiger partial charge is 0.410 e. The zero-order valence-corrected chi connectivity index (χ0v) is 18.9. The van der Waals surface area contributed by atoms with Crippen molar-refractivity contribution in [1.82, 2.24) is 14.9 Å². The van der Waals surface area contributed by atoms with E-state index in [2.05, 4.69) is 5.32 Å². The Morgan fingerprint density at radius 3 is 2.61 bits per heavy atom. The van der Waals surface area contributed by atoms with Crippen molar-refractivity contribution in [2.24, 2.45) is 5.92 Å². The lowest BCUT2D eigenvalue weighted by Gasteiger charge is -2.34. The number of rotatable bonds is 7. The maximum atomic E-state index is 12.4. The third-order valence-corrected chi connectivity index (χ3v) is 5.62. The number of nitrogens with one attached hydrogen (secondary N) is 1. The summed E-state index contributed by atoms with van der Waals surface area (Å²) in [5.74, 6) is 1.82. The van der Waals surface area contributed by atoms with Gasteiger partial charge in [-0.25, -0.2) is 14.8 Å². The number of carbonyl (C=O) groups is 1. The number of anilines is 1. The molecule has 0 bridgehead atoms. The highest BCUT2D eigenvalue weighted by Crippen LogP contribution is 2.30. The predicted molar refractivity (Wildman–Crippen MR) is 121 cm³/mol. The van der Waals surface area contributed by atoms with Crippen molar-refractivity contribution < 1.29 is 14.3 Å². The second kappa shape index (κ2) is 9.28. The van der Waals surface area contributed by atoms with E-state index in [1.54, 1.807) is 0 Å². The number of aromatic nitrogens is 2. The SMILES string of the molecule is CC(C)(C)OC(=O)N1CCCC(CCCOc2nc3ccccc3nc2NC2CC2)C1. The molecule has 1 saturated carbocycles. The number of para-hydroxylation sites is 2. The molecule has 1 atom stereocenters. The highest BCUT2D eigenvalue weighted by Gasteiger charge is 2.27. The van der Waals surface area contributed by atoms with E-state index in [0.717, 1.165) is 55.6 Å². The molecule has 168 valence electrons. The third-order valence-electron chi connectivity index (χ3n) is 5.62. The number of carbonyl (C=O) groups excluding carboxylic acids is 1. The average Bonchev–Trinajstić information content (AvgIpc) is 3.54. The molecule has 1 N–H and O–H groups in total. The van der Waals surface area contributed by atoms with Crippen LogP contribution in [0, 0.1) is 5.92 Å². The van der Waals surface area contributed by atoms with E-state index in [1.165, 1.54) is 12.8 Å². The maximum Gasteiger partial charge on any atom is 0.410 e. The zero-order valence-electron chi connectivity index (χ0n) is 18.9. The van der Waals surface area contributed by atoms with Gasteiger partial charge in [-0.3, -0.25) is 0 Å². The van der Waals surface area contributed by atoms with E-state index in [0.29, 0.717) is 24.4 Å². The topological polar surface area (TPSA) is 76.6 Å². The molecule has 1 aliphatic carbocycles. The molecule has 2 fully saturated rings. The lowest BCUT2D eigenvalue weighted by atomic mass is 9.94. The molecule has 2 aliphatic rings. The van der Waals surface area contributed by atoms with Crippen LogP contribution >= 0.6 is 0 Å². The van der Waals surface area contributed by atoms with Crippen LogP contribution in [-0.2, 0) is 4.74 Å². The Kier molecular flexibility index (Phi) is 6.49. The second-order valence-corrected chi connectivity index (χ2v) is 9.71. The van der Waals surface area contributed by atoms with Gasteiger partial charge in [0.25, 0.3) is 5.88 Å². The molecular formula is C24H34N4O3. The molecule has 31 heavy (non-hydrogen) atoms. The summed E-state index contributed by atoms with van der Waals surface area (Å²) in [7, 11) is 0. The van der Waals surface area contributed by atoms with Crippen molar-refractivity contribution >= 4 is 22.9 Å². The molecule has 2 aromatic rings. The van der Waals surface area contributed by atoms with Gasteiger partial charge in [-0.15, -0.1) is 0 Å². The van der Waals surface area contributed by atoms with Crippen LogP contribution in [0.1, 0.15) is 59.3 Å². The molecular weight excluding hydrogens is 392 g/mol. The number of fused-ring (bicyclic) bond motifs is 1. The largest absolute Gasteiger partial charge is 0.475 e.